The van der Waals surface area contributed by atoms with E-state index in [4.69, 9.17) is 11.6 Å². The molecule has 0 saturated carbocycles. The molecule has 0 aliphatic rings. The molecule has 0 radical (unpaired) electrons. The largest absolute Gasteiger partial charge is 0.388 e. The minimum atomic E-state index is -0.925. The van der Waals surface area contributed by atoms with Crippen LogP contribution in [0.4, 0.5) is 0 Å². The van der Waals surface area contributed by atoms with Gasteiger partial charge in [-0.25, -0.2) is 0 Å². The molecule has 3 aromatic rings. The maximum Gasteiger partial charge on any atom is 0.227 e. The zero-order valence-electron chi connectivity index (χ0n) is 16.2. The molecule has 0 saturated heterocycles. The maximum atomic E-state index is 13.1. The highest BCUT2D eigenvalue weighted by molar-refractivity contribution is 7.99. The van der Waals surface area contributed by atoms with E-state index in [0.717, 1.165) is 10.5 Å². The van der Waals surface area contributed by atoms with Crippen LogP contribution in [0.25, 0.3) is 0 Å². The van der Waals surface area contributed by atoms with Crippen LogP contribution in [0, 0.1) is 5.92 Å². The average molecular weight is 426 g/mol. The van der Waals surface area contributed by atoms with Gasteiger partial charge in [-0.15, -0.1) is 11.8 Å². The van der Waals surface area contributed by atoms with Crippen LogP contribution in [-0.4, -0.2) is 16.8 Å². The molecule has 3 aromatic carbocycles. The first-order valence-corrected chi connectivity index (χ1v) is 10.9. The van der Waals surface area contributed by atoms with Gasteiger partial charge < -0.3 is 10.4 Å². The number of carbonyl (C=O) groups excluding carboxylic acids is 1. The molecule has 29 heavy (non-hydrogen) atoms. The quantitative estimate of drug-likeness (QED) is 0.458. The molecule has 0 bridgehead atoms. The highest BCUT2D eigenvalue weighted by Gasteiger charge is 2.29. The number of amides is 1. The van der Waals surface area contributed by atoms with Crippen LogP contribution in [0.5, 0.6) is 0 Å². The van der Waals surface area contributed by atoms with E-state index in [1.165, 1.54) is 0 Å². The molecular formula is C24H24ClNO2S. The summed E-state index contributed by atoms with van der Waals surface area (Å²) in [5.74, 6) is -0.319. The highest BCUT2D eigenvalue weighted by Crippen LogP contribution is 2.30. The number of benzene rings is 3. The Morgan fingerprint density at radius 1 is 0.931 bits per heavy atom. The van der Waals surface area contributed by atoms with E-state index in [9.17, 15) is 9.90 Å². The number of nitrogens with one attached hydrogen (secondary N) is 1. The lowest BCUT2D eigenvalue weighted by molar-refractivity contribution is -0.128. The van der Waals surface area contributed by atoms with E-state index >= 15 is 0 Å². The first-order valence-electron chi connectivity index (χ1n) is 9.51. The number of hydrogen-bond acceptors (Lipinski definition) is 3. The fourth-order valence-corrected chi connectivity index (χ4v) is 4.23. The normalized spacial score (nSPS) is 14.0. The monoisotopic (exact) mass is 425 g/mol. The van der Waals surface area contributed by atoms with Crippen molar-refractivity contribution in [1.29, 1.82) is 0 Å². The summed E-state index contributed by atoms with van der Waals surface area (Å²) in [7, 11) is 0. The molecule has 0 aliphatic heterocycles. The molecule has 150 valence electrons. The Labute approximate surface area is 181 Å². The fraction of sp³-hybridized carbons (Fsp3) is 0.208. The van der Waals surface area contributed by atoms with Gasteiger partial charge in [-0.1, -0.05) is 72.3 Å². The second kappa shape index (κ2) is 10.5. The number of halogens is 1. The van der Waals surface area contributed by atoms with Crippen molar-refractivity contribution in [3.63, 3.8) is 0 Å². The van der Waals surface area contributed by atoms with Gasteiger partial charge in [0.05, 0.1) is 18.1 Å². The first kappa shape index (κ1) is 21.4. The first-order chi connectivity index (χ1) is 14.0. The van der Waals surface area contributed by atoms with Gasteiger partial charge in [0.25, 0.3) is 0 Å². The van der Waals surface area contributed by atoms with Gasteiger partial charge in [-0.05, 0) is 42.3 Å². The lowest BCUT2D eigenvalue weighted by Gasteiger charge is -2.25. The van der Waals surface area contributed by atoms with Crippen molar-refractivity contribution in [3.05, 3.63) is 101 Å². The van der Waals surface area contributed by atoms with Crippen molar-refractivity contribution >= 4 is 29.3 Å². The molecule has 0 spiro atoms. The average Bonchev–Trinajstić information content (AvgIpc) is 2.75. The van der Waals surface area contributed by atoms with Gasteiger partial charge in [0.15, 0.2) is 0 Å². The fourth-order valence-electron chi connectivity index (χ4n) is 3.05. The van der Waals surface area contributed by atoms with Crippen LogP contribution in [0.15, 0.2) is 89.8 Å². The topological polar surface area (TPSA) is 49.3 Å². The molecule has 0 aliphatic carbocycles. The van der Waals surface area contributed by atoms with Gasteiger partial charge in [-0.2, -0.15) is 0 Å². The number of thioether (sulfide) groups is 1. The molecule has 3 unspecified atom stereocenters. The highest BCUT2D eigenvalue weighted by atomic mass is 35.5. The van der Waals surface area contributed by atoms with Crippen LogP contribution < -0.4 is 5.32 Å². The predicted octanol–water partition coefficient (Wildman–Crippen LogP) is 5.66. The van der Waals surface area contributed by atoms with Crippen LogP contribution >= 0.6 is 23.4 Å². The number of rotatable bonds is 8. The van der Waals surface area contributed by atoms with Crippen molar-refractivity contribution in [1.82, 2.24) is 5.32 Å². The second-order valence-electron chi connectivity index (χ2n) is 6.87. The summed E-state index contributed by atoms with van der Waals surface area (Å²) in [5.41, 5.74) is 1.70. The van der Waals surface area contributed by atoms with E-state index in [-0.39, 0.29) is 11.9 Å². The van der Waals surface area contributed by atoms with Gasteiger partial charge >= 0.3 is 0 Å². The molecule has 5 heteroatoms. The molecule has 3 atom stereocenters. The van der Waals surface area contributed by atoms with Crippen LogP contribution in [0.1, 0.15) is 30.2 Å². The van der Waals surface area contributed by atoms with E-state index in [2.05, 4.69) is 5.32 Å². The molecular weight excluding hydrogens is 402 g/mol. The second-order valence-corrected chi connectivity index (χ2v) is 8.40. The zero-order chi connectivity index (χ0) is 20.6. The van der Waals surface area contributed by atoms with E-state index < -0.39 is 12.0 Å². The Hall–Kier alpha value is -2.27. The Kier molecular flexibility index (Phi) is 7.76. The maximum absolute atomic E-state index is 13.1. The minimum Gasteiger partial charge on any atom is -0.388 e. The van der Waals surface area contributed by atoms with Gasteiger partial charge in [0, 0.05) is 15.7 Å². The lowest BCUT2D eigenvalue weighted by atomic mass is 9.96. The molecule has 0 fully saturated rings. The number of hydrogen-bond donors (Lipinski definition) is 2. The molecule has 0 heterocycles. The van der Waals surface area contributed by atoms with Crippen molar-refractivity contribution in [2.24, 2.45) is 5.92 Å². The van der Waals surface area contributed by atoms with E-state index in [1.54, 1.807) is 36.0 Å². The third kappa shape index (κ3) is 6.10. The van der Waals surface area contributed by atoms with Crippen LogP contribution in [0.3, 0.4) is 0 Å². The number of carbonyl (C=O) groups is 1. The Morgan fingerprint density at radius 3 is 2.14 bits per heavy atom. The lowest BCUT2D eigenvalue weighted by Crippen LogP contribution is -2.37. The standard InChI is InChI=1S/C24H24ClNO2S/c1-17(18-8-4-2-5-9-18)26-24(28)22(16-29-21-10-6-3-7-11-21)23(27)19-12-14-20(25)15-13-19/h2-15,17,22-23,27H,16H2,1H3,(H,26,28). The van der Waals surface area contributed by atoms with Crippen molar-refractivity contribution < 1.29 is 9.90 Å². The van der Waals surface area contributed by atoms with Gasteiger partial charge in [0.2, 0.25) is 5.91 Å². The smallest absolute Gasteiger partial charge is 0.227 e. The van der Waals surface area contributed by atoms with Crippen molar-refractivity contribution in [2.75, 3.05) is 5.75 Å². The summed E-state index contributed by atoms with van der Waals surface area (Å²) in [4.78, 5) is 14.2. The zero-order valence-corrected chi connectivity index (χ0v) is 17.7. The summed E-state index contributed by atoms with van der Waals surface area (Å²) >= 11 is 7.53. The summed E-state index contributed by atoms with van der Waals surface area (Å²) in [6, 6.07) is 26.5. The number of aliphatic hydroxyl groups excluding tert-OH is 1. The Balaban J connectivity index is 1.76. The van der Waals surface area contributed by atoms with E-state index in [0.29, 0.717) is 16.3 Å². The van der Waals surface area contributed by atoms with Crippen LogP contribution in [-0.2, 0) is 4.79 Å². The van der Waals surface area contributed by atoms with Crippen molar-refractivity contribution in [3.8, 4) is 0 Å². The van der Waals surface area contributed by atoms with Gasteiger partial charge in [-0.3, -0.25) is 4.79 Å². The minimum absolute atomic E-state index is 0.148. The molecule has 2 N–H and O–H groups in total. The third-order valence-electron chi connectivity index (χ3n) is 4.76. The Bertz CT molecular complexity index is 903. The molecule has 1 amide bonds. The Morgan fingerprint density at radius 2 is 1.52 bits per heavy atom. The summed E-state index contributed by atoms with van der Waals surface area (Å²) in [5, 5.41) is 14.6. The molecule has 3 rings (SSSR count). The summed E-state index contributed by atoms with van der Waals surface area (Å²) < 4.78 is 0. The molecule has 0 aromatic heterocycles. The van der Waals surface area contributed by atoms with E-state index in [1.807, 2.05) is 67.6 Å². The summed E-state index contributed by atoms with van der Waals surface area (Å²) in [6.45, 7) is 1.95. The third-order valence-corrected chi connectivity index (χ3v) is 6.14. The van der Waals surface area contributed by atoms with Crippen molar-refractivity contribution in [2.45, 2.75) is 24.0 Å². The summed E-state index contributed by atoms with van der Waals surface area (Å²) in [6.07, 6.45) is -0.925. The van der Waals surface area contributed by atoms with Crippen LogP contribution in [0.2, 0.25) is 5.02 Å². The predicted molar refractivity (Wildman–Crippen MR) is 120 cm³/mol. The molecule has 3 nitrogen and oxygen atoms in total. The van der Waals surface area contributed by atoms with Gasteiger partial charge in [0.1, 0.15) is 0 Å². The number of aliphatic hydroxyl groups is 1. The SMILES string of the molecule is CC(NC(=O)C(CSc1ccccc1)C(O)c1ccc(Cl)cc1)c1ccccc1.